The van der Waals surface area contributed by atoms with Crippen LogP contribution in [0.1, 0.15) is 31.2 Å². The lowest BCUT2D eigenvalue weighted by molar-refractivity contribution is 0.570. The molecule has 0 aliphatic heterocycles. The lowest BCUT2D eigenvalue weighted by atomic mass is 9.96. The Kier molecular flexibility index (Phi) is 7.99. The van der Waals surface area contributed by atoms with Gasteiger partial charge in [-0.2, -0.15) is 11.8 Å². The molecular weight excluding hydrogens is 294 g/mol. The molecule has 0 heterocycles. The smallest absolute Gasteiger partial charge is 0.0178 e. The molecule has 0 aliphatic rings. The largest absolute Gasteiger partial charge is 0.316 e. The summed E-state index contributed by atoms with van der Waals surface area (Å²) in [5.41, 5.74) is 1.44. The Labute approximate surface area is 118 Å². The molecule has 1 unspecified atom stereocenters. The molecule has 0 aromatic heterocycles. The molecule has 96 valence electrons. The molecule has 1 nitrogen and oxygen atoms in total. The third-order valence-corrected chi connectivity index (χ3v) is 3.95. The fourth-order valence-corrected chi connectivity index (χ4v) is 2.80. The Balaban J connectivity index is 2.60. The number of hydrogen-bond acceptors (Lipinski definition) is 2. The van der Waals surface area contributed by atoms with E-state index in [-0.39, 0.29) is 0 Å². The summed E-state index contributed by atoms with van der Waals surface area (Å²) in [4.78, 5) is 0. The molecular formula is C14H22BrNS. The summed E-state index contributed by atoms with van der Waals surface area (Å²) >= 11 is 5.48. The zero-order valence-corrected chi connectivity index (χ0v) is 13.1. The van der Waals surface area contributed by atoms with Crippen LogP contribution in [0.15, 0.2) is 28.7 Å². The summed E-state index contributed by atoms with van der Waals surface area (Å²) in [6.45, 7) is 4.41. The molecule has 1 N–H and O–H groups in total. The zero-order valence-electron chi connectivity index (χ0n) is 10.7. The van der Waals surface area contributed by atoms with E-state index in [0.717, 1.165) is 13.1 Å². The number of rotatable bonds is 8. The third-order valence-electron chi connectivity index (χ3n) is 2.81. The van der Waals surface area contributed by atoms with Crippen molar-refractivity contribution in [1.82, 2.24) is 5.32 Å². The monoisotopic (exact) mass is 315 g/mol. The molecule has 1 aromatic rings. The average molecular weight is 316 g/mol. The van der Waals surface area contributed by atoms with E-state index in [4.69, 9.17) is 0 Å². The highest BCUT2D eigenvalue weighted by atomic mass is 79.9. The van der Waals surface area contributed by atoms with Gasteiger partial charge in [-0.25, -0.2) is 0 Å². The van der Waals surface area contributed by atoms with Gasteiger partial charge in [-0.15, -0.1) is 0 Å². The minimum absolute atomic E-state index is 0.631. The standard InChI is InChI=1S/C14H22BrNS/c1-3-8-16-11-13(7-9-17-2)12-5-4-6-14(15)10-12/h4-6,10,13,16H,3,7-9,11H2,1-2H3. The molecule has 1 atom stereocenters. The van der Waals surface area contributed by atoms with Gasteiger partial charge >= 0.3 is 0 Å². The fraction of sp³-hybridized carbons (Fsp3) is 0.571. The first-order chi connectivity index (χ1) is 8.27. The number of benzene rings is 1. The van der Waals surface area contributed by atoms with Crippen molar-refractivity contribution in [3.63, 3.8) is 0 Å². The second kappa shape index (κ2) is 9.01. The molecule has 0 saturated heterocycles. The van der Waals surface area contributed by atoms with Crippen molar-refractivity contribution in [2.24, 2.45) is 0 Å². The Morgan fingerprint density at radius 3 is 2.88 bits per heavy atom. The van der Waals surface area contributed by atoms with E-state index in [9.17, 15) is 0 Å². The van der Waals surface area contributed by atoms with Crippen molar-refractivity contribution in [2.45, 2.75) is 25.7 Å². The van der Waals surface area contributed by atoms with Crippen LogP contribution in [0.5, 0.6) is 0 Å². The van der Waals surface area contributed by atoms with Gasteiger partial charge in [-0.05, 0) is 55.0 Å². The van der Waals surface area contributed by atoms with E-state index >= 15 is 0 Å². The van der Waals surface area contributed by atoms with Crippen LogP contribution in [0.2, 0.25) is 0 Å². The molecule has 0 fully saturated rings. The van der Waals surface area contributed by atoms with Crippen molar-refractivity contribution in [3.8, 4) is 0 Å². The Hall–Kier alpha value is 0.01000. The van der Waals surface area contributed by atoms with Crippen LogP contribution in [-0.4, -0.2) is 25.1 Å². The Morgan fingerprint density at radius 1 is 1.41 bits per heavy atom. The van der Waals surface area contributed by atoms with Gasteiger partial charge in [0.15, 0.2) is 0 Å². The number of nitrogens with one attached hydrogen (secondary N) is 1. The minimum atomic E-state index is 0.631. The number of thioether (sulfide) groups is 1. The Bertz CT molecular complexity index is 317. The first-order valence-electron chi connectivity index (χ1n) is 6.23. The summed E-state index contributed by atoms with van der Waals surface area (Å²) in [5, 5.41) is 3.54. The second-order valence-corrected chi connectivity index (χ2v) is 6.14. The van der Waals surface area contributed by atoms with E-state index in [0.29, 0.717) is 5.92 Å². The van der Waals surface area contributed by atoms with Crippen molar-refractivity contribution in [3.05, 3.63) is 34.3 Å². The first-order valence-corrected chi connectivity index (χ1v) is 8.41. The highest BCUT2D eigenvalue weighted by Crippen LogP contribution is 2.23. The lowest BCUT2D eigenvalue weighted by Gasteiger charge is -2.18. The topological polar surface area (TPSA) is 12.0 Å². The SMILES string of the molecule is CCCNCC(CCSC)c1cccc(Br)c1. The molecule has 0 amide bonds. The lowest BCUT2D eigenvalue weighted by Crippen LogP contribution is -2.22. The van der Waals surface area contributed by atoms with Crippen LogP contribution >= 0.6 is 27.7 Å². The second-order valence-electron chi connectivity index (χ2n) is 4.24. The van der Waals surface area contributed by atoms with Crippen LogP contribution in [-0.2, 0) is 0 Å². The summed E-state index contributed by atoms with van der Waals surface area (Å²) in [6, 6.07) is 8.71. The van der Waals surface area contributed by atoms with Crippen LogP contribution in [0.3, 0.4) is 0 Å². The summed E-state index contributed by atoms with van der Waals surface area (Å²) < 4.78 is 1.18. The van der Waals surface area contributed by atoms with E-state index in [1.807, 2.05) is 11.8 Å². The molecule has 17 heavy (non-hydrogen) atoms. The predicted octanol–water partition coefficient (Wildman–Crippen LogP) is 4.29. The van der Waals surface area contributed by atoms with Gasteiger partial charge in [0, 0.05) is 11.0 Å². The third kappa shape index (κ3) is 5.94. The van der Waals surface area contributed by atoms with E-state index in [1.54, 1.807) is 0 Å². The van der Waals surface area contributed by atoms with E-state index < -0.39 is 0 Å². The van der Waals surface area contributed by atoms with Gasteiger partial charge in [0.25, 0.3) is 0 Å². The van der Waals surface area contributed by atoms with E-state index in [1.165, 1.54) is 28.6 Å². The van der Waals surface area contributed by atoms with Gasteiger partial charge in [0.2, 0.25) is 0 Å². The van der Waals surface area contributed by atoms with E-state index in [2.05, 4.69) is 58.7 Å². The molecule has 0 aliphatic carbocycles. The predicted molar refractivity (Wildman–Crippen MR) is 83.0 cm³/mol. The summed E-state index contributed by atoms with van der Waals surface area (Å²) in [5.74, 6) is 1.86. The maximum absolute atomic E-state index is 3.55. The van der Waals surface area contributed by atoms with Crippen LogP contribution < -0.4 is 5.32 Å². The van der Waals surface area contributed by atoms with Crippen molar-refractivity contribution in [2.75, 3.05) is 25.1 Å². The van der Waals surface area contributed by atoms with Crippen molar-refractivity contribution in [1.29, 1.82) is 0 Å². The molecule has 0 spiro atoms. The Morgan fingerprint density at radius 2 is 2.24 bits per heavy atom. The quantitative estimate of drug-likeness (QED) is 0.718. The normalized spacial score (nSPS) is 12.6. The minimum Gasteiger partial charge on any atom is -0.316 e. The zero-order chi connectivity index (χ0) is 12.5. The van der Waals surface area contributed by atoms with Gasteiger partial charge in [-0.1, -0.05) is 35.0 Å². The molecule has 0 saturated carbocycles. The van der Waals surface area contributed by atoms with Crippen molar-refractivity contribution < 1.29 is 0 Å². The molecule has 1 aromatic carbocycles. The molecule has 0 bridgehead atoms. The van der Waals surface area contributed by atoms with Crippen LogP contribution in [0.4, 0.5) is 0 Å². The van der Waals surface area contributed by atoms with Gasteiger partial charge in [0.1, 0.15) is 0 Å². The van der Waals surface area contributed by atoms with Crippen molar-refractivity contribution >= 4 is 27.7 Å². The number of halogens is 1. The number of hydrogen-bond donors (Lipinski definition) is 1. The highest BCUT2D eigenvalue weighted by molar-refractivity contribution is 9.10. The van der Waals surface area contributed by atoms with Gasteiger partial charge in [0.05, 0.1) is 0 Å². The maximum Gasteiger partial charge on any atom is 0.0178 e. The van der Waals surface area contributed by atoms with Gasteiger partial charge < -0.3 is 5.32 Å². The maximum atomic E-state index is 3.55. The average Bonchev–Trinajstić information content (AvgIpc) is 2.33. The molecule has 1 rings (SSSR count). The van der Waals surface area contributed by atoms with Crippen LogP contribution in [0.25, 0.3) is 0 Å². The first kappa shape index (κ1) is 15.1. The summed E-state index contributed by atoms with van der Waals surface area (Å²) in [6.07, 6.45) is 4.62. The fourth-order valence-electron chi connectivity index (χ4n) is 1.86. The molecule has 3 heteroatoms. The van der Waals surface area contributed by atoms with Gasteiger partial charge in [-0.3, -0.25) is 0 Å². The molecule has 0 radical (unpaired) electrons. The highest BCUT2D eigenvalue weighted by Gasteiger charge is 2.10. The summed E-state index contributed by atoms with van der Waals surface area (Å²) in [7, 11) is 0. The van der Waals surface area contributed by atoms with Crippen LogP contribution in [0, 0.1) is 0 Å².